The topological polar surface area (TPSA) is 30.7 Å². The molecule has 0 aliphatic rings. The fraction of sp³-hybridized carbons (Fsp3) is 0. The predicted molar refractivity (Wildman–Crippen MR) is 218 cm³/mol. The Hall–Kier alpha value is -6.14. The lowest BCUT2D eigenvalue weighted by molar-refractivity contribution is 1.17. The predicted octanol–water partition coefficient (Wildman–Crippen LogP) is 13.3. The summed E-state index contributed by atoms with van der Waals surface area (Å²) >= 11 is 3.83. The Morgan fingerprint density at radius 3 is 1.73 bits per heavy atom. The van der Waals surface area contributed by atoms with Crippen LogP contribution in [0.2, 0.25) is 0 Å². The summed E-state index contributed by atoms with van der Waals surface area (Å²) in [4.78, 5) is 10.2. The summed E-state index contributed by atoms with van der Waals surface area (Å²) in [5.74, 6) is 0.716. The molecule has 0 fully saturated rings. The van der Waals surface area contributed by atoms with Crippen LogP contribution in [0.15, 0.2) is 164 Å². The number of hydrogen-bond donors (Lipinski definition) is 0. The number of thiophene rings is 2. The fourth-order valence-electron chi connectivity index (χ4n) is 7.76. The fourth-order valence-corrected chi connectivity index (χ4v) is 10.3. The van der Waals surface area contributed by atoms with Gasteiger partial charge in [0, 0.05) is 68.8 Å². The van der Waals surface area contributed by atoms with E-state index >= 15 is 0 Å². The second-order valence-electron chi connectivity index (χ2n) is 12.9. The minimum atomic E-state index is 0.716. The number of para-hydroxylation sites is 1. The summed E-state index contributed by atoms with van der Waals surface area (Å²) in [5, 5.41) is 7.94. The first-order valence-electron chi connectivity index (χ1n) is 17.1. The van der Waals surface area contributed by atoms with Crippen molar-refractivity contribution in [1.82, 2.24) is 14.5 Å². The molecule has 0 atom stereocenters. The highest BCUT2D eigenvalue weighted by molar-refractivity contribution is 7.30. The van der Waals surface area contributed by atoms with Crippen LogP contribution in [0.4, 0.5) is 0 Å². The first kappa shape index (κ1) is 28.7. The van der Waals surface area contributed by atoms with Crippen LogP contribution in [0.5, 0.6) is 0 Å². The third-order valence-corrected chi connectivity index (χ3v) is 12.4. The Balaban J connectivity index is 1.24. The van der Waals surface area contributed by atoms with Crippen LogP contribution >= 0.6 is 22.7 Å². The van der Waals surface area contributed by atoms with Gasteiger partial charge in [0.25, 0.3) is 0 Å². The Kier molecular flexibility index (Phi) is 6.29. The standard InChI is InChI=1S/C46H27N3S2/c1-3-14-28(15-4-1)35-27-36(48-46(47-35)29-16-5-2-6-17-29)30-18-13-19-31(26-30)49-37-23-10-7-20-32(37)40-41-33-21-8-11-24-38(33)50-44(41)42-34-22-9-12-25-39(34)51-45(42)43(40)49/h1-27H. The molecule has 0 saturated carbocycles. The van der Waals surface area contributed by atoms with E-state index in [0.717, 1.165) is 33.8 Å². The van der Waals surface area contributed by atoms with Gasteiger partial charge in [-0.05, 0) is 36.4 Å². The van der Waals surface area contributed by atoms with Crippen LogP contribution in [0, 0.1) is 0 Å². The maximum absolute atomic E-state index is 5.18. The lowest BCUT2D eigenvalue weighted by Gasteiger charge is -2.13. The van der Waals surface area contributed by atoms with Crippen LogP contribution in [-0.2, 0) is 0 Å². The average molecular weight is 686 g/mol. The molecule has 0 aliphatic heterocycles. The van der Waals surface area contributed by atoms with Gasteiger partial charge in [0.15, 0.2) is 5.82 Å². The molecule has 0 radical (unpaired) electrons. The summed E-state index contributed by atoms with van der Waals surface area (Å²) in [6, 6.07) is 58.3. The van der Waals surface area contributed by atoms with Gasteiger partial charge >= 0.3 is 0 Å². The van der Waals surface area contributed by atoms with E-state index in [1.807, 2.05) is 46.9 Å². The molecule has 4 heterocycles. The lowest BCUT2D eigenvalue weighted by Crippen LogP contribution is -1.98. The number of rotatable bonds is 4. The Bertz CT molecular complexity index is 3080. The van der Waals surface area contributed by atoms with Gasteiger partial charge in [0.2, 0.25) is 0 Å². The van der Waals surface area contributed by atoms with E-state index in [1.54, 1.807) is 0 Å². The zero-order valence-electron chi connectivity index (χ0n) is 27.2. The highest BCUT2D eigenvalue weighted by atomic mass is 32.1. The van der Waals surface area contributed by atoms with Crippen molar-refractivity contribution in [3.63, 3.8) is 0 Å². The molecule has 0 unspecified atom stereocenters. The molecule has 4 aromatic heterocycles. The largest absolute Gasteiger partial charge is 0.308 e. The average Bonchev–Trinajstić information content (AvgIpc) is 3.88. The van der Waals surface area contributed by atoms with Gasteiger partial charge in [-0.1, -0.05) is 127 Å². The summed E-state index contributed by atoms with van der Waals surface area (Å²) < 4.78 is 7.83. The molecule has 11 rings (SSSR count). The molecule has 0 N–H and O–H groups in total. The molecule has 7 aromatic carbocycles. The molecule has 3 nitrogen and oxygen atoms in total. The van der Waals surface area contributed by atoms with Crippen molar-refractivity contribution in [2.24, 2.45) is 0 Å². The van der Waals surface area contributed by atoms with E-state index in [0.29, 0.717) is 5.82 Å². The first-order chi connectivity index (χ1) is 25.3. The summed E-state index contributed by atoms with van der Waals surface area (Å²) in [7, 11) is 0. The van der Waals surface area contributed by atoms with Crippen molar-refractivity contribution in [3.05, 3.63) is 164 Å². The number of nitrogens with zero attached hydrogens (tertiary/aromatic N) is 3. The van der Waals surface area contributed by atoms with Crippen molar-refractivity contribution >= 4 is 84.8 Å². The number of hydrogen-bond acceptors (Lipinski definition) is 4. The van der Waals surface area contributed by atoms with Crippen LogP contribution in [-0.4, -0.2) is 14.5 Å². The maximum Gasteiger partial charge on any atom is 0.160 e. The van der Waals surface area contributed by atoms with Gasteiger partial charge in [0.1, 0.15) is 0 Å². The number of fused-ring (bicyclic) bond motifs is 12. The van der Waals surface area contributed by atoms with Crippen molar-refractivity contribution in [3.8, 4) is 39.6 Å². The smallest absolute Gasteiger partial charge is 0.160 e. The minimum Gasteiger partial charge on any atom is -0.308 e. The molecule has 11 aromatic rings. The van der Waals surface area contributed by atoms with Crippen molar-refractivity contribution in [1.29, 1.82) is 0 Å². The van der Waals surface area contributed by atoms with E-state index in [9.17, 15) is 0 Å². The van der Waals surface area contributed by atoms with E-state index < -0.39 is 0 Å². The van der Waals surface area contributed by atoms with E-state index in [-0.39, 0.29) is 0 Å². The molecule has 0 saturated heterocycles. The van der Waals surface area contributed by atoms with Crippen LogP contribution < -0.4 is 0 Å². The summed E-state index contributed by atoms with van der Waals surface area (Å²) in [6.45, 7) is 0. The molecule has 0 aliphatic carbocycles. The molecule has 5 heteroatoms. The highest BCUT2D eigenvalue weighted by Crippen LogP contribution is 2.52. The van der Waals surface area contributed by atoms with Crippen LogP contribution in [0.1, 0.15) is 0 Å². The van der Waals surface area contributed by atoms with Gasteiger partial charge in [-0.2, -0.15) is 0 Å². The molecule has 51 heavy (non-hydrogen) atoms. The van der Waals surface area contributed by atoms with Crippen molar-refractivity contribution in [2.45, 2.75) is 0 Å². The van der Waals surface area contributed by atoms with Gasteiger partial charge in [-0.3, -0.25) is 0 Å². The second-order valence-corrected chi connectivity index (χ2v) is 15.0. The quantitative estimate of drug-likeness (QED) is 0.185. The van der Waals surface area contributed by atoms with Crippen molar-refractivity contribution in [2.75, 3.05) is 0 Å². The highest BCUT2D eigenvalue weighted by Gasteiger charge is 2.24. The summed E-state index contributed by atoms with van der Waals surface area (Å²) in [6.07, 6.45) is 0. The number of benzene rings is 7. The van der Waals surface area contributed by atoms with Gasteiger partial charge in [-0.15, -0.1) is 22.7 Å². The molecular formula is C46H27N3S2. The number of aromatic nitrogens is 3. The Morgan fingerprint density at radius 1 is 0.412 bits per heavy atom. The van der Waals surface area contributed by atoms with Gasteiger partial charge < -0.3 is 4.57 Å². The maximum atomic E-state index is 5.18. The third kappa shape index (κ3) is 4.35. The van der Waals surface area contributed by atoms with Crippen molar-refractivity contribution < 1.29 is 0 Å². The van der Waals surface area contributed by atoms with E-state index in [4.69, 9.17) is 9.97 Å². The monoisotopic (exact) mass is 685 g/mol. The SMILES string of the molecule is c1ccc(-c2cc(-c3cccc(-n4c5ccccc5c5c6c7ccccc7sc6c6c7ccccc7sc6c54)c3)nc(-c3ccccc3)n2)cc1. The Labute approximate surface area is 301 Å². The van der Waals surface area contributed by atoms with Crippen LogP contribution in [0.25, 0.3) is 102 Å². The van der Waals surface area contributed by atoms with Crippen LogP contribution in [0.3, 0.4) is 0 Å². The molecule has 0 bridgehead atoms. The Morgan fingerprint density at radius 2 is 0.980 bits per heavy atom. The molecular weight excluding hydrogens is 659 g/mol. The second kappa shape index (κ2) is 11.2. The van der Waals surface area contributed by atoms with E-state index in [2.05, 4.69) is 144 Å². The molecule has 238 valence electrons. The van der Waals surface area contributed by atoms with Gasteiger partial charge in [-0.25, -0.2) is 9.97 Å². The first-order valence-corrected chi connectivity index (χ1v) is 18.7. The normalized spacial score (nSPS) is 11.9. The minimum absolute atomic E-state index is 0.716. The van der Waals surface area contributed by atoms with E-state index in [1.165, 1.54) is 62.2 Å². The lowest BCUT2D eigenvalue weighted by atomic mass is 10.0. The molecule has 0 amide bonds. The zero-order chi connectivity index (χ0) is 33.5. The summed E-state index contributed by atoms with van der Waals surface area (Å²) in [5.41, 5.74) is 8.47. The van der Waals surface area contributed by atoms with Gasteiger partial charge in [0.05, 0.1) is 27.1 Å². The third-order valence-electron chi connectivity index (χ3n) is 9.99. The zero-order valence-corrected chi connectivity index (χ0v) is 28.9. The molecule has 0 spiro atoms.